The summed E-state index contributed by atoms with van der Waals surface area (Å²) in [4.78, 5) is 0. The van der Waals surface area contributed by atoms with E-state index in [2.05, 4.69) is 12.7 Å². The van der Waals surface area contributed by atoms with Crippen molar-refractivity contribution in [1.82, 2.24) is 0 Å². The Morgan fingerprint density at radius 1 is 0.905 bits per heavy atom. The summed E-state index contributed by atoms with van der Waals surface area (Å²) < 4.78 is 26.6. The number of hydrogen-bond acceptors (Lipinski definition) is 0. The summed E-state index contributed by atoms with van der Waals surface area (Å²) in [5.74, 6) is -0.511. The molecule has 0 fully saturated rings. The summed E-state index contributed by atoms with van der Waals surface area (Å²) >= 11 is 0. The van der Waals surface area contributed by atoms with Crippen LogP contribution in [0, 0.1) is 17.6 Å². The first-order valence-corrected chi connectivity index (χ1v) is 6.70. The molecule has 0 atom stereocenters. The van der Waals surface area contributed by atoms with Gasteiger partial charge < -0.3 is 0 Å². The molecular weight excluding hydrogens is 266 g/mol. The second kappa shape index (κ2) is 4.26. The van der Waals surface area contributed by atoms with Crippen molar-refractivity contribution in [2.24, 2.45) is 0 Å². The summed E-state index contributed by atoms with van der Waals surface area (Å²) in [6.07, 6.45) is 8.21. The van der Waals surface area contributed by atoms with Crippen LogP contribution in [0.25, 0.3) is 16.3 Å². The first-order chi connectivity index (χ1) is 10.1. The Labute approximate surface area is 121 Å². The maximum atomic E-state index is 13.4. The van der Waals surface area contributed by atoms with Gasteiger partial charge in [0, 0.05) is 0 Å². The molecule has 0 saturated carbocycles. The second-order valence-electron chi connectivity index (χ2n) is 5.26. The van der Waals surface area contributed by atoms with E-state index in [0.29, 0.717) is 10.8 Å². The van der Waals surface area contributed by atoms with Crippen molar-refractivity contribution in [3.05, 3.63) is 95.5 Å². The Morgan fingerprint density at radius 3 is 2.33 bits per heavy atom. The molecule has 0 spiro atoms. The monoisotopic (exact) mass is 277 g/mol. The molecule has 0 N–H and O–H groups in total. The molecular formula is C19H11F2. The van der Waals surface area contributed by atoms with Crippen molar-refractivity contribution in [3.8, 4) is 0 Å². The summed E-state index contributed by atoms with van der Waals surface area (Å²) in [5.41, 5.74) is 4.18. The Morgan fingerprint density at radius 2 is 1.67 bits per heavy atom. The van der Waals surface area contributed by atoms with E-state index in [0.717, 1.165) is 17.1 Å². The molecule has 2 aliphatic rings. The van der Waals surface area contributed by atoms with Crippen molar-refractivity contribution < 1.29 is 8.78 Å². The predicted octanol–water partition coefficient (Wildman–Crippen LogP) is 5.14. The molecule has 1 radical (unpaired) electrons. The fourth-order valence-electron chi connectivity index (χ4n) is 2.84. The van der Waals surface area contributed by atoms with Crippen LogP contribution in [0.1, 0.15) is 5.56 Å². The van der Waals surface area contributed by atoms with Crippen LogP contribution in [0.15, 0.2) is 72.4 Å². The van der Waals surface area contributed by atoms with E-state index in [1.54, 1.807) is 6.07 Å². The van der Waals surface area contributed by atoms with Gasteiger partial charge in [-0.2, -0.15) is 0 Å². The topological polar surface area (TPSA) is 0 Å². The molecule has 2 heteroatoms. The number of rotatable bonds is 2. The van der Waals surface area contributed by atoms with Crippen molar-refractivity contribution in [3.63, 3.8) is 0 Å². The van der Waals surface area contributed by atoms with Crippen molar-refractivity contribution in [2.75, 3.05) is 0 Å². The van der Waals surface area contributed by atoms with Gasteiger partial charge in [0.1, 0.15) is 0 Å². The van der Waals surface area contributed by atoms with Gasteiger partial charge in [-0.1, -0.05) is 43.0 Å². The third-order valence-electron chi connectivity index (χ3n) is 3.97. The molecule has 21 heavy (non-hydrogen) atoms. The number of benzene rings is 2. The third kappa shape index (κ3) is 1.79. The zero-order chi connectivity index (χ0) is 14.6. The van der Waals surface area contributed by atoms with E-state index in [9.17, 15) is 8.78 Å². The van der Waals surface area contributed by atoms with Gasteiger partial charge in [-0.3, -0.25) is 0 Å². The molecule has 2 aromatic rings. The van der Waals surface area contributed by atoms with Gasteiger partial charge in [-0.05, 0) is 51.3 Å². The molecule has 101 valence electrons. The van der Waals surface area contributed by atoms with Crippen LogP contribution in [0.3, 0.4) is 0 Å². The Balaban J connectivity index is 1.76. The quantitative estimate of drug-likeness (QED) is 0.712. The SMILES string of the molecule is C=C([C]1C2=CC=CC1=C2)c1ccc2cc(F)c(F)cc2c1. The lowest BCUT2D eigenvalue weighted by molar-refractivity contribution is 0.511. The highest BCUT2D eigenvalue weighted by atomic mass is 19.2. The van der Waals surface area contributed by atoms with E-state index in [1.807, 2.05) is 30.4 Å². The van der Waals surface area contributed by atoms with Gasteiger partial charge in [0.05, 0.1) is 5.92 Å². The zero-order valence-electron chi connectivity index (χ0n) is 11.2. The lowest BCUT2D eigenvalue weighted by atomic mass is 9.71. The second-order valence-corrected chi connectivity index (χ2v) is 5.26. The molecule has 2 aliphatic carbocycles. The minimum absolute atomic E-state index is 0.677. The van der Waals surface area contributed by atoms with Crippen molar-refractivity contribution in [1.29, 1.82) is 0 Å². The first-order valence-electron chi connectivity index (χ1n) is 6.70. The third-order valence-corrected chi connectivity index (χ3v) is 3.97. The van der Waals surface area contributed by atoms with Crippen molar-refractivity contribution in [2.45, 2.75) is 0 Å². The van der Waals surface area contributed by atoms with Crippen LogP contribution in [0.2, 0.25) is 0 Å². The molecule has 0 aliphatic heterocycles. The lowest BCUT2D eigenvalue weighted by Crippen LogP contribution is -2.16. The van der Waals surface area contributed by atoms with Crippen LogP contribution < -0.4 is 0 Å². The van der Waals surface area contributed by atoms with E-state index in [4.69, 9.17) is 0 Å². The molecule has 0 amide bonds. The molecule has 0 unspecified atom stereocenters. The van der Waals surface area contributed by atoms with Gasteiger partial charge in [0.2, 0.25) is 0 Å². The number of allylic oxidation sites excluding steroid dienone is 7. The van der Waals surface area contributed by atoms with Crippen LogP contribution in [0.4, 0.5) is 8.78 Å². The van der Waals surface area contributed by atoms with Crippen molar-refractivity contribution >= 4 is 16.3 Å². The van der Waals surface area contributed by atoms with E-state index in [1.165, 1.54) is 23.3 Å². The highest BCUT2D eigenvalue weighted by Gasteiger charge is 2.30. The summed E-state index contributed by atoms with van der Waals surface area (Å²) in [6.45, 7) is 4.16. The first kappa shape index (κ1) is 12.3. The van der Waals surface area contributed by atoms with Gasteiger partial charge in [-0.25, -0.2) is 8.78 Å². The van der Waals surface area contributed by atoms with E-state index >= 15 is 0 Å². The average Bonchev–Trinajstić information content (AvgIpc) is 2.48. The summed E-state index contributed by atoms with van der Waals surface area (Å²) in [7, 11) is 0. The molecule has 0 saturated heterocycles. The van der Waals surface area contributed by atoms with Crippen LogP contribution >= 0.6 is 0 Å². The Hall–Kier alpha value is -2.48. The molecule has 0 nitrogen and oxygen atoms in total. The number of halogens is 2. The smallest absolute Gasteiger partial charge is 0.159 e. The molecule has 0 heterocycles. The number of hydrogen-bond donors (Lipinski definition) is 0. The van der Waals surface area contributed by atoms with Crippen LogP contribution in [-0.4, -0.2) is 0 Å². The van der Waals surface area contributed by atoms with Crippen LogP contribution in [-0.2, 0) is 0 Å². The number of fused-ring (bicyclic) bond motifs is 3. The standard InChI is InChI=1S/C19H11F2/c1-11(19-14-3-2-4-15(19)8-14)12-5-6-13-9-17(20)18(21)10-16(13)7-12/h2-10H,1H2. The minimum atomic E-state index is -0.827. The van der Waals surface area contributed by atoms with Gasteiger partial charge in [0.15, 0.2) is 11.6 Å². The fourth-order valence-corrected chi connectivity index (χ4v) is 2.84. The summed E-state index contributed by atoms with van der Waals surface area (Å²) in [5, 5.41) is 1.36. The maximum Gasteiger partial charge on any atom is 0.159 e. The molecule has 0 aromatic heterocycles. The maximum absolute atomic E-state index is 13.4. The highest BCUT2D eigenvalue weighted by molar-refractivity contribution is 5.95. The Kier molecular flexibility index (Phi) is 2.49. The Bertz CT molecular complexity index is 870. The zero-order valence-corrected chi connectivity index (χ0v) is 11.2. The highest BCUT2D eigenvalue weighted by Crippen LogP contribution is 2.47. The molecule has 2 aromatic carbocycles. The van der Waals surface area contributed by atoms with Gasteiger partial charge >= 0.3 is 0 Å². The predicted molar refractivity (Wildman–Crippen MR) is 81.4 cm³/mol. The van der Waals surface area contributed by atoms with Gasteiger partial charge in [-0.15, -0.1) is 0 Å². The normalized spacial score (nSPS) is 16.5. The summed E-state index contributed by atoms with van der Waals surface area (Å²) in [6, 6.07) is 7.99. The average molecular weight is 277 g/mol. The van der Waals surface area contributed by atoms with Crippen LogP contribution in [0.5, 0.6) is 0 Å². The van der Waals surface area contributed by atoms with E-state index in [-0.39, 0.29) is 0 Å². The molecule has 4 rings (SSSR count). The lowest BCUT2D eigenvalue weighted by Gasteiger charge is -2.32. The van der Waals surface area contributed by atoms with E-state index < -0.39 is 11.6 Å². The molecule has 2 bridgehead atoms. The minimum Gasteiger partial charge on any atom is -0.204 e. The largest absolute Gasteiger partial charge is 0.204 e. The fraction of sp³-hybridized carbons (Fsp3) is 0. The van der Waals surface area contributed by atoms with Gasteiger partial charge in [0.25, 0.3) is 0 Å².